The topological polar surface area (TPSA) is 127 Å². The number of halogens is 3. The van der Waals surface area contributed by atoms with E-state index in [2.05, 4.69) is 15.3 Å². The molecule has 2 aromatic carbocycles. The molecule has 0 bridgehead atoms. The highest BCUT2D eigenvalue weighted by molar-refractivity contribution is 6.34. The summed E-state index contributed by atoms with van der Waals surface area (Å²) in [5, 5.41) is 3.95. The highest BCUT2D eigenvalue weighted by Gasteiger charge is 2.19. The minimum Gasteiger partial charge on any atom is -0.481 e. The van der Waals surface area contributed by atoms with E-state index in [0.717, 1.165) is 5.56 Å². The zero-order valence-electron chi connectivity index (χ0n) is 19.6. The summed E-state index contributed by atoms with van der Waals surface area (Å²) >= 11 is 12.4. The van der Waals surface area contributed by atoms with Gasteiger partial charge in [0.05, 0.1) is 23.3 Å². The van der Waals surface area contributed by atoms with Crippen LogP contribution >= 0.6 is 35.6 Å². The molecular formula is C26H23Cl3N4O4. The van der Waals surface area contributed by atoms with E-state index in [1.165, 1.54) is 31.5 Å². The van der Waals surface area contributed by atoms with Crippen molar-refractivity contribution in [2.24, 2.45) is 5.73 Å². The van der Waals surface area contributed by atoms with Gasteiger partial charge in [0.2, 0.25) is 5.88 Å². The number of ketones is 1. The molecule has 11 heteroatoms. The molecule has 4 aromatic rings. The number of Topliss-reactive ketones (excluding diaryl/α,β-unsaturated/α-hetero) is 1. The number of carbonyl (C=O) groups excluding carboxylic acids is 2. The first kappa shape index (κ1) is 28.1. The monoisotopic (exact) mass is 560 g/mol. The van der Waals surface area contributed by atoms with Crippen LogP contribution in [0.1, 0.15) is 38.6 Å². The number of hydrogen-bond donors (Lipinski definition) is 3. The molecule has 0 spiro atoms. The van der Waals surface area contributed by atoms with Crippen LogP contribution in [0.2, 0.25) is 10.0 Å². The van der Waals surface area contributed by atoms with Gasteiger partial charge in [-0.15, -0.1) is 12.4 Å². The first-order chi connectivity index (χ1) is 17.3. The molecule has 0 fully saturated rings. The molecule has 8 nitrogen and oxygen atoms in total. The number of anilines is 1. The molecule has 0 saturated heterocycles. The van der Waals surface area contributed by atoms with Gasteiger partial charge in [-0.05, 0) is 48.5 Å². The van der Waals surface area contributed by atoms with Crippen molar-refractivity contribution in [1.82, 2.24) is 9.97 Å². The summed E-state index contributed by atoms with van der Waals surface area (Å²) in [5.74, 6) is -0.760. The third kappa shape index (κ3) is 6.47. The molecule has 1 unspecified atom stereocenters. The fraction of sp³-hybridized carbons (Fsp3) is 0.154. The van der Waals surface area contributed by atoms with Crippen LogP contribution in [0.3, 0.4) is 0 Å². The summed E-state index contributed by atoms with van der Waals surface area (Å²) in [6.45, 7) is 0.259. The number of rotatable bonds is 8. The zero-order chi connectivity index (χ0) is 25.8. The smallest absolute Gasteiger partial charge is 0.261 e. The summed E-state index contributed by atoms with van der Waals surface area (Å²) < 4.78 is 5.06. The lowest BCUT2D eigenvalue weighted by atomic mass is 9.91. The number of ether oxygens (including phenoxy) is 1. The first-order valence-electron chi connectivity index (χ1n) is 11.0. The summed E-state index contributed by atoms with van der Waals surface area (Å²) in [6, 6.07) is 14.8. The van der Waals surface area contributed by atoms with Crippen LogP contribution in [0.5, 0.6) is 5.88 Å². The Morgan fingerprint density at radius 2 is 1.92 bits per heavy atom. The molecule has 0 radical (unpaired) electrons. The lowest BCUT2D eigenvalue weighted by Gasteiger charge is -2.15. The van der Waals surface area contributed by atoms with E-state index in [1.807, 2.05) is 12.1 Å². The van der Waals surface area contributed by atoms with Gasteiger partial charge in [-0.25, -0.2) is 4.98 Å². The lowest BCUT2D eigenvalue weighted by Crippen LogP contribution is -2.23. The van der Waals surface area contributed by atoms with Gasteiger partial charge in [-0.2, -0.15) is 0 Å². The Hall–Kier alpha value is -3.43. The number of nitrogens with two attached hydrogens (primary N) is 1. The molecule has 0 saturated carbocycles. The highest BCUT2D eigenvalue weighted by Crippen LogP contribution is 2.28. The third-order valence-corrected chi connectivity index (χ3v) is 6.29. The van der Waals surface area contributed by atoms with Crippen molar-refractivity contribution in [1.29, 1.82) is 0 Å². The van der Waals surface area contributed by atoms with Crippen LogP contribution in [0.15, 0.2) is 65.6 Å². The number of carbonyl (C=O) groups is 2. The maximum atomic E-state index is 13.0. The predicted octanol–water partition coefficient (Wildman–Crippen LogP) is 5.23. The molecule has 4 N–H and O–H groups in total. The molecule has 0 aliphatic heterocycles. The van der Waals surface area contributed by atoms with Crippen LogP contribution in [0.25, 0.3) is 10.9 Å². The maximum Gasteiger partial charge on any atom is 0.261 e. The minimum atomic E-state index is -0.681. The standard InChI is InChI=1S/C26H22Cl2N4O4.ClH/c1-36-24-11-21-17(13-30-24)8-19(25(34)31-21)26(35)32-22-9-15(5-6-20(22)28)23(33)10-16(12-29)14-3-2-4-18(27)7-14;/h2-9,11,13,16H,10,12,29H2,1H3,(H,31,34)(H,32,35);1H. The molecule has 1 atom stereocenters. The molecule has 4 rings (SSSR count). The number of amides is 1. The van der Waals surface area contributed by atoms with E-state index in [4.69, 9.17) is 33.7 Å². The summed E-state index contributed by atoms with van der Waals surface area (Å²) in [7, 11) is 1.46. The molecule has 0 aliphatic rings. The maximum absolute atomic E-state index is 13.0. The molecular weight excluding hydrogens is 539 g/mol. The van der Waals surface area contributed by atoms with E-state index < -0.39 is 11.5 Å². The number of H-pyrrole nitrogens is 1. The average Bonchev–Trinajstić information content (AvgIpc) is 2.87. The highest BCUT2D eigenvalue weighted by atomic mass is 35.5. The van der Waals surface area contributed by atoms with E-state index in [0.29, 0.717) is 27.4 Å². The van der Waals surface area contributed by atoms with Crippen LogP contribution in [-0.4, -0.2) is 35.3 Å². The van der Waals surface area contributed by atoms with Crippen molar-refractivity contribution in [3.8, 4) is 5.88 Å². The second-order valence-electron chi connectivity index (χ2n) is 8.09. The number of benzene rings is 2. The van der Waals surface area contributed by atoms with Crippen LogP contribution < -0.4 is 21.3 Å². The summed E-state index contributed by atoms with van der Waals surface area (Å²) in [6.07, 6.45) is 1.63. The molecule has 37 heavy (non-hydrogen) atoms. The van der Waals surface area contributed by atoms with Gasteiger partial charge >= 0.3 is 0 Å². The van der Waals surface area contributed by atoms with Crippen molar-refractivity contribution in [3.05, 3.63) is 97.9 Å². The number of nitrogens with one attached hydrogen (secondary N) is 2. The Labute approximate surface area is 228 Å². The Kier molecular flexibility index (Phi) is 9.29. The average molecular weight is 562 g/mol. The lowest BCUT2D eigenvalue weighted by molar-refractivity contribution is 0.0972. The summed E-state index contributed by atoms with van der Waals surface area (Å²) in [4.78, 5) is 45.2. The Bertz CT molecular complexity index is 1520. The molecule has 0 aliphatic carbocycles. The van der Waals surface area contributed by atoms with Gasteiger partial charge in [-0.1, -0.05) is 35.3 Å². The molecule has 192 valence electrons. The zero-order valence-corrected chi connectivity index (χ0v) is 21.9. The third-order valence-electron chi connectivity index (χ3n) is 5.73. The van der Waals surface area contributed by atoms with Crippen molar-refractivity contribution in [2.45, 2.75) is 12.3 Å². The van der Waals surface area contributed by atoms with Crippen LogP contribution in [-0.2, 0) is 0 Å². The normalized spacial score (nSPS) is 11.5. The van der Waals surface area contributed by atoms with E-state index in [-0.39, 0.29) is 53.3 Å². The quantitative estimate of drug-likeness (QED) is 0.253. The number of nitrogens with zero attached hydrogens (tertiary/aromatic N) is 1. The van der Waals surface area contributed by atoms with Crippen molar-refractivity contribution in [2.75, 3.05) is 19.0 Å². The van der Waals surface area contributed by atoms with Crippen molar-refractivity contribution >= 4 is 63.9 Å². The van der Waals surface area contributed by atoms with Gasteiger partial charge in [0.1, 0.15) is 5.56 Å². The van der Waals surface area contributed by atoms with E-state index >= 15 is 0 Å². The van der Waals surface area contributed by atoms with E-state index in [1.54, 1.807) is 24.3 Å². The Balaban J connectivity index is 0.00000380. The van der Waals surface area contributed by atoms with Gasteiger partial charge in [0, 0.05) is 40.6 Å². The number of pyridine rings is 2. The number of methoxy groups -OCH3 is 1. The second kappa shape index (κ2) is 12.2. The fourth-order valence-corrected chi connectivity index (χ4v) is 4.15. The molecule has 1 amide bonds. The number of fused-ring (bicyclic) bond motifs is 1. The molecule has 2 aromatic heterocycles. The Morgan fingerprint density at radius 3 is 2.62 bits per heavy atom. The number of hydrogen-bond acceptors (Lipinski definition) is 6. The predicted molar refractivity (Wildman–Crippen MR) is 148 cm³/mol. The van der Waals surface area contributed by atoms with Crippen LogP contribution in [0, 0.1) is 0 Å². The van der Waals surface area contributed by atoms with Gasteiger partial charge in [0.15, 0.2) is 5.78 Å². The van der Waals surface area contributed by atoms with Crippen molar-refractivity contribution < 1.29 is 14.3 Å². The second-order valence-corrected chi connectivity index (χ2v) is 8.93. The van der Waals surface area contributed by atoms with Crippen LogP contribution in [0.4, 0.5) is 5.69 Å². The summed E-state index contributed by atoms with van der Waals surface area (Å²) in [5.41, 5.74) is 7.08. The number of aromatic nitrogens is 2. The van der Waals surface area contributed by atoms with E-state index in [9.17, 15) is 14.4 Å². The van der Waals surface area contributed by atoms with Gasteiger partial charge < -0.3 is 20.8 Å². The fourth-order valence-electron chi connectivity index (χ4n) is 3.78. The van der Waals surface area contributed by atoms with Gasteiger partial charge in [0.25, 0.3) is 11.5 Å². The largest absolute Gasteiger partial charge is 0.481 e. The Morgan fingerprint density at radius 1 is 1.14 bits per heavy atom. The molecule has 2 heterocycles. The number of aromatic amines is 1. The van der Waals surface area contributed by atoms with Crippen molar-refractivity contribution in [3.63, 3.8) is 0 Å². The SMILES string of the molecule is COc1cc2[nH]c(=O)c(C(=O)Nc3cc(C(=O)CC(CN)c4cccc(Cl)c4)ccc3Cl)cc2cn1.Cl. The first-order valence-corrected chi connectivity index (χ1v) is 11.7. The minimum absolute atomic E-state index is 0. The van der Waals surface area contributed by atoms with Gasteiger partial charge in [-0.3, -0.25) is 14.4 Å².